The molecule has 0 spiro atoms. The molecular weight excluding hydrogens is 471 g/mol. The van der Waals surface area contributed by atoms with Gasteiger partial charge in [0.2, 0.25) is 15.9 Å². The van der Waals surface area contributed by atoms with Crippen molar-refractivity contribution in [1.82, 2.24) is 9.21 Å². The Kier molecular flexibility index (Phi) is 10.8. The molecule has 0 saturated carbocycles. The molecule has 0 radical (unpaired) electrons. The van der Waals surface area contributed by atoms with Gasteiger partial charge in [0.15, 0.2) is 11.6 Å². The molecule has 0 bridgehead atoms. The molecule has 1 amide bonds. The number of carbonyl (C=O) groups excluding carboxylic acids is 1. The van der Waals surface area contributed by atoms with Crippen LogP contribution in [-0.2, 0) is 26.0 Å². The Morgan fingerprint density at radius 3 is 2.32 bits per heavy atom. The van der Waals surface area contributed by atoms with E-state index in [0.717, 1.165) is 6.07 Å². The fraction of sp³-hybridized carbons (Fsp3) is 0.696. The Morgan fingerprint density at radius 1 is 1.12 bits per heavy atom. The fourth-order valence-electron chi connectivity index (χ4n) is 4.09. The summed E-state index contributed by atoms with van der Waals surface area (Å²) in [5.74, 6) is -4.20. The Hall–Kier alpha value is -1.69. The summed E-state index contributed by atoms with van der Waals surface area (Å²) in [4.78, 5) is 14.7. The monoisotopic (exact) mass is 507 g/mol. The van der Waals surface area contributed by atoms with E-state index in [0.29, 0.717) is 45.1 Å². The summed E-state index contributed by atoms with van der Waals surface area (Å²) in [5.41, 5.74) is 6.13. The highest BCUT2D eigenvalue weighted by atomic mass is 32.2. The number of hydrogen-bond acceptors (Lipinski definition) is 5. The summed E-state index contributed by atoms with van der Waals surface area (Å²) < 4.78 is 72.6. The highest BCUT2D eigenvalue weighted by molar-refractivity contribution is 7.89. The molecule has 0 aromatic heterocycles. The molecular formula is C23H36F3N3O4S. The summed E-state index contributed by atoms with van der Waals surface area (Å²) in [6.07, 6.45) is 1.47. The van der Waals surface area contributed by atoms with Crippen LogP contribution in [0.2, 0.25) is 0 Å². The maximum atomic E-state index is 14.0. The van der Waals surface area contributed by atoms with Crippen LogP contribution >= 0.6 is 0 Å². The molecule has 0 aliphatic carbocycles. The van der Waals surface area contributed by atoms with Gasteiger partial charge in [-0.3, -0.25) is 4.79 Å². The third-order valence-electron chi connectivity index (χ3n) is 5.91. The molecule has 7 nitrogen and oxygen atoms in total. The third-order valence-corrected chi connectivity index (χ3v) is 7.67. The van der Waals surface area contributed by atoms with Crippen molar-refractivity contribution >= 4 is 15.9 Å². The van der Waals surface area contributed by atoms with Gasteiger partial charge in [-0.1, -0.05) is 20.8 Å². The van der Waals surface area contributed by atoms with Gasteiger partial charge in [-0.2, -0.15) is 4.31 Å². The SMILES string of the molecule is CCC(CC[C@H](N)Cc1cc(F)c(F)cc1F)N(CC(C)C)C(=O)CS(=O)(=O)N1CCOCC1. The van der Waals surface area contributed by atoms with Gasteiger partial charge < -0.3 is 15.4 Å². The standard InChI is InChI=1S/C23H36F3N3O4S/c1-4-19(6-5-18(27)11-17-12-21(25)22(26)13-20(17)24)29(14-16(2)3)23(30)15-34(31,32)28-7-9-33-10-8-28/h12-13,16,18-19H,4-11,14-15,27H2,1-3H3/t18-,19?/m0/s1. The van der Waals surface area contributed by atoms with E-state index in [1.807, 2.05) is 20.8 Å². The smallest absolute Gasteiger partial charge is 0.239 e. The average Bonchev–Trinajstić information content (AvgIpc) is 2.77. The van der Waals surface area contributed by atoms with E-state index in [1.54, 1.807) is 4.90 Å². The number of rotatable bonds is 12. The minimum Gasteiger partial charge on any atom is -0.379 e. The minimum absolute atomic E-state index is 0.00818. The Balaban J connectivity index is 2.05. The van der Waals surface area contributed by atoms with Gasteiger partial charge in [0.05, 0.1) is 13.2 Å². The first-order valence-electron chi connectivity index (χ1n) is 11.7. The number of carbonyl (C=O) groups is 1. The summed E-state index contributed by atoms with van der Waals surface area (Å²) in [6.45, 7) is 7.25. The van der Waals surface area contributed by atoms with Crippen LogP contribution in [0.1, 0.15) is 45.6 Å². The molecule has 1 saturated heterocycles. The molecule has 2 N–H and O–H groups in total. The average molecular weight is 508 g/mol. The second-order valence-electron chi connectivity index (χ2n) is 9.17. The second kappa shape index (κ2) is 12.9. The fourth-order valence-corrected chi connectivity index (χ4v) is 5.46. The van der Waals surface area contributed by atoms with Crippen molar-refractivity contribution in [2.45, 2.75) is 58.5 Å². The molecule has 1 heterocycles. The zero-order chi connectivity index (χ0) is 25.5. The van der Waals surface area contributed by atoms with Crippen molar-refractivity contribution in [3.8, 4) is 0 Å². The van der Waals surface area contributed by atoms with Crippen molar-refractivity contribution in [1.29, 1.82) is 0 Å². The van der Waals surface area contributed by atoms with Gasteiger partial charge in [-0.05, 0) is 43.2 Å². The molecule has 2 rings (SSSR count). The maximum Gasteiger partial charge on any atom is 0.239 e. The van der Waals surface area contributed by atoms with Crippen LogP contribution in [0.5, 0.6) is 0 Å². The van der Waals surface area contributed by atoms with Crippen LogP contribution < -0.4 is 5.73 Å². The molecule has 1 aliphatic heterocycles. The number of nitrogens with two attached hydrogens (primary N) is 1. The molecule has 1 aromatic carbocycles. The summed E-state index contributed by atoms with van der Waals surface area (Å²) in [5, 5.41) is 0. The zero-order valence-electron chi connectivity index (χ0n) is 20.1. The lowest BCUT2D eigenvalue weighted by Gasteiger charge is -2.34. The number of morpholine rings is 1. The van der Waals surface area contributed by atoms with Crippen molar-refractivity contribution < 1.29 is 31.1 Å². The molecule has 1 fully saturated rings. The van der Waals surface area contributed by atoms with Gasteiger partial charge in [-0.15, -0.1) is 0 Å². The maximum absolute atomic E-state index is 14.0. The number of amides is 1. The lowest BCUT2D eigenvalue weighted by Crippen LogP contribution is -2.49. The van der Waals surface area contributed by atoms with Crippen LogP contribution in [-0.4, -0.2) is 74.2 Å². The van der Waals surface area contributed by atoms with Crippen LogP contribution in [0.15, 0.2) is 12.1 Å². The number of nitrogens with zero attached hydrogens (tertiary/aromatic N) is 2. The highest BCUT2D eigenvalue weighted by Crippen LogP contribution is 2.20. The number of ether oxygens (including phenoxy) is 1. The summed E-state index contributed by atoms with van der Waals surface area (Å²) in [7, 11) is -3.76. The number of sulfonamides is 1. The predicted molar refractivity (Wildman–Crippen MR) is 124 cm³/mol. The van der Waals surface area contributed by atoms with E-state index < -0.39 is 45.2 Å². The van der Waals surface area contributed by atoms with E-state index in [-0.39, 0.29) is 37.0 Å². The van der Waals surface area contributed by atoms with Crippen LogP contribution in [0.3, 0.4) is 0 Å². The van der Waals surface area contributed by atoms with Gasteiger partial charge >= 0.3 is 0 Å². The molecule has 2 atom stereocenters. The van der Waals surface area contributed by atoms with Gasteiger partial charge in [0.25, 0.3) is 0 Å². The van der Waals surface area contributed by atoms with Crippen molar-refractivity contribution in [3.05, 3.63) is 35.1 Å². The minimum atomic E-state index is -3.76. The number of halogens is 3. The van der Waals surface area contributed by atoms with E-state index in [2.05, 4.69) is 0 Å². The topological polar surface area (TPSA) is 92.9 Å². The molecule has 1 aliphatic rings. The van der Waals surface area contributed by atoms with E-state index >= 15 is 0 Å². The van der Waals surface area contributed by atoms with Gasteiger partial charge in [0.1, 0.15) is 11.6 Å². The molecule has 194 valence electrons. The molecule has 34 heavy (non-hydrogen) atoms. The first kappa shape index (κ1) is 28.5. The van der Waals surface area contributed by atoms with E-state index in [4.69, 9.17) is 10.5 Å². The quantitative estimate of drug-likeness (QED) is 0.439. The highest BCUT2D eigenvalue weighted by Gasteiger charge is 2.32. The first-order valence-corrected chi connectivity index (χ1v) is 13.3. The molecule has 1 unspecified atom stereocenters. The molecule has 1 aromatic rings. The van der Waals surface area contributed by atoms with Crippen LogP contribution in [0, 0.1) is 23.4 Å². The first-order chi connectivity index (χ1) is 15.9. The second-order valence-corrected chi connectivity index (χ2v) is 11.1. The van der Waals surface area contributed by atoms with E-state index in [1.165, 1.54) is 4.31 Å². The molecule has 11 heteroatoms. The lowest BCUT2D eigenvalue weighted by atomic mass is 9.97. The largest absolute Gasteiger partial charge is 0.379 e. The Bertz CT molecular complexity index is 924. The summed E-state index contributed by atoms with van der Waals surface area (Å²) in [6, 6.07) is 0.522. The zero-order valence-corrected chi connectivity index (χ0v) is 20.9. The summed E-state index contributed by atoms with van der Waals surface area (Å²) >= 11 is 0. The number of benzene rings is 1. The van der Waals surface area contributed by atoms with E-state index in [9.17, 15) is 26.4 Å². The normalized spacial score (nSPS) is 17.1. The Labute approximate surface area is 200 Å². The van der Waals surface area contributed by atoms with Crippen LogP contribution in [0.25, 0.3) is 0 Å². The van der Waals surface area contributed by atoms with Crippen molar-refractivity contribution in [2.75, 3.05) is 38.6 Å². The predicted octanol–water partition coefficient (Wildman–Crippen LogP) is 2.68. The Morgan fingerprint density at radius 2 is 1.74 bits per heavy atom. The van der Waals surface area contributed by atoms with Crippen molar-refractivity contribution in [2.24, 2.45) is 11.7 Å². The lowest BCUT2D eigenvalue weighted by molar-refractivity contribution is -0.131. The van der Waals surface area contributed by atoms with Gasteiger partial charge in [0, 0.05) is 37.8 Å². The number of hydrogen-bond donors (Lipinski definition) is 1. The van der Waals surface area contributed by atoms with Crippen LogP contribution in [0.4, 0.5) is 13.2 Å². The third kappa shape index (κ3) is 8.21. The van der Waals surface area contributed by atoms with Gasteiger partial charge in [-0.25, -0.2) is 21.6 Å². The van der Waals surface area contributed by atoms with Crippen molar-refractivity contribution in [3.63, 3.8) is 0 Å².